The molecule has 1 heterocycles. The van der Waals surface area contributed by atoms with E-state index in [-0.39, 0.29) is 23.8 Å². The van der Waals surface area contributed by atoms with Crippen molar-refractivity contribution < 1.29 is 13.2 Å². The Hall–Kier alpha value is -2.22. The van der Waals surface area contributed by atoms with Crippen molar-refractivity contribution in [2.45, 2.75) is 69.4 Å². The summed E-state index contributed by atoms with van der Waals surface area (Å²) in [6.45, 7) is 3.86. The molecule has 0 bridgehead atoms. The van der Waals surface area contributed by atoms with Crippen LogP contribution in [0.5, 0.6) is 0 Å². The van der Waals surface area contributed by atoms with Gasteiger partial charge in [-0.15, -0.1) is 0 Å². The van der Waals surface area contributed by atoms with Crippen molar-refractivity contribution in [3.63, 3.8) is 0 Å². The lowest BCUT2D eigenvalue weighted by Gasteiger charge is -2.26. The minimum absolute atomic E-state index is 0.0834. The van der Waals surface area contributed by atoms with Crippen molar-refractivity contribution in [1.29, 1.82) is 0 Å². The van der Waals surface area contributed by atoms with E-state index in [4.69, 9.17) is 0 Å². The highest BCUT2D eigenvalue weighted by molar-refractivity contribution is 7.89. The van der Waals surface area contributed by atoms with Gasteiger partial charge < -0.3 is 5.32 Å². The van der Waals surface area contributed by atoms with Crippen LogP contribution in [0.3, 0.4) is 0 Å². The lowest BCUT2D eigenvalue weighted by molar-refractivity contribution is -0.121. The Balaban J connectivity index is 1.19. The number of benzene rings is 2. The van der Waals surface area contributed by atoms with Gasteiger partial charge in [0.2, 0.25) is 15.9 Å². The molecule has 0 atom stereocenters. The SMILES string of the molecule is O=C(CCNS(=O)(=O)c1ccc2c(c1)CCCC2)NCc1ccc(CN2CCCCC2)cc1. The summed E-state index contributed by atoms with van der Waals surface area (Å²) in [5, 5.41) is 2.88. The third-order valence-electron chi connectivity index (χ3n) is 6.64. The van der Waals surface area contributed by atoms with Crippen LogP contribution in [0.2, 0.25) is 0 Å². The smallest absolute Gasteiger partial charge is 0.240 e. The molecule has 2 N–H and O–H groups in total. The Morgan fingerprint density at radius 3 is 2.30 bits per heavy atom. The van der Waals surface area contributed by atoms with E-state index in [0.29, 0.717) is 6.54 Å². The fraction of sp³-hybridized carbons (Fsp3) is 0.500. The summed E-state index contributed by atoms with van der Waals surface area (Å²) >= 11 is 0. The molecule has 2 aliphatic rings. The van der Waals surface area contributed by atoms with E-state index >= 15 is 0 Å². The Morgan fingerprint density at radius 1 is 0.848 bits per heavy atom. The van der Waals surface area contributed by atoms with Gasteiger partial charge in [-0.3, -0.25) is 9.69 Å². The first-order valence-corrected chi connectivity index (χ1v) is 13.7. The minimum atomic E-state index is -3.61. The largest absolute Gasteiger partial charge is 0.352 e. The number of likely N-dealkylation sites (tertiary alicyclic amines) is 1. The van der Waals surface area contributed by atoms with E-state index in [1.165, 1.54) is 43.5 Å². The number of rotatable bonds is 9. The molecule has 2 aromatic rings. The molecule has 1 aliphatic heterocycles. The van der Waals surface area contributed by atoms with Gasteiger partial charge in [-0.05, 0) is 86.0 Å². The molecule has 0 saturated carbocycles. The van der Waals surface area contributed by atoms with Crippen LogP contribution in [0, 0.1) is 0 Å². The number of aryl methyl sites for hydroxylation is 2. The van der Waals surface area contributed by atoms with Crippen LogP contribution in [0.15, 0.2) is 47.4 Å². The second kappa shape index (κ2) is 11.3. The zero-order valence-corrected chi connectivity index (χ0v) is 20.1. The fourth-order valence-corrected chi connectivity index (χ4v) is 5.77. The summed E-state index contributed by atoms with van der Waals surface area (Å²) in [5.74, 6) is -0.166. The molecule has 0 unspecified atom stereocenters. The van der Waals surface area contributed by atoms with E-state index in [0.717, 1.165) is 43.4 Å². The van der Waals surface area contributed by atoms with Crippen LogP contribution < -0.4 is 10.0 Å². The summed E-state index contributed by atoms with van der Waals surface area (Å²) in [6, 6.07) is 13.7. The minimum Gasteiger partial charge on any atom is -0.352 e. The lowest BCUT2D eigenvalue weighted by Crippen LogP contribution is -2.30. The second-order valence-corrected chi connectivity index (χ2v) is 11.0. The highest BCUT2D eigenvalue weighted by Crippen LogP contribution is 2.24. The average molecular weight is 470 g/mol. The number of sulfonamides is 1. The molecule has 4 rings (SSSR count). The van der Waals surface area contributed by atoms with Gasteiger partial charge in [-0.25, -0.2) is 13.1 Å². The summed E-state index contributed by atoms with van der Waals surface area (Å²) in [5.41, 5.74) is 4.71. The molecule has 6 nitrogen and oxygen atoms in total. The monoisotopic (exact) mass is 469 g/mol. The van der Waals surface area contributed by atoms with Crippen molar-refractivity contribution >= 4 is 15.9 Å². The standard InChI is InChI=1S/C26H35N3O3S/c30-26(27-19-21-8-10-22(11-9-21)20-29-16-4-1-5-17-29)14-15-28-33(31,32)25-13-12-23-6-2-3-7-24(23)18-25/h8-13,18,28H,1-7,14-17,19-20H2,(H,27,30). The lowest BCUT2D eigenvalue weighted by atomic mass is 9.92. The quantitative estimate of drug-likeness (QED) is 0.589. The number of nitrogens with zero attached hydrogens (tertiary/aromatic N) is 1. The van der Waals surface area contributed by atoms with Crippen LogP contribution in [-0.2, 0) is 40.7 Å². The van der Waals surface area contributed by atoms with Gasteiger partial charge in [0.05, 0.1) is 4.90 Å². The van der Waals surface area contributed by atoms with E-state index in [9.17, 15) is 13.2 Å². The fourth-order valence-electron chi connectivity index (χ4n) is 4.69. The van der Waals surface area contributed by atoms with Gasteiger partial charge in [0, 0.05) is 26.1 Å². The van der Waals surface area contributed by atoms with E-state index in [1.54, 1.807) is 12.1 Å². The highest BCUT2D eigenvalue weighted by atomic mass is 32.2. The third kappa shape index (κ3) is 6.88. The van der Waals surface area contributed by atoms with Crippen LogP contribution in [0.1, 0.15) is 60.8 Å². The number of carbonyl (C=O) groups is 1. The zero-order chi connectivity index (χ0) is 23.1. The van der Waals surface area contributed by atoms with Crippen molar-refractivity contribution in [3.05, 3.63) is 64.7 Å². The van der Waals surface area contributed by atoms with Crippen LogP contribution in [0.4, 0.5) is 0 Å². The molecule has 1 aliphatic carbocycles. The Labute approximate surface area is 197 Å². The number of hydrogen-bond acceptors (Lipinski definition) is 4. The first-order valence-electron chi connectivity index (χ1n) is 12.2. The Kier molecular flexibility index (Phi) is 8.17. The van der Waals surface area contributed by atoms with Gasteiger partial charge in [0.25, 0.3) is 0 Å². The Bertz CT molecular complexity index is 1040. The molecule has 1 saturated heterocycles. The van der Waals surface area contributed by atoms with Gasteiger partial charge in [-0.2, -0.15) is 0 Å². The van der Waals surface area contributed by atoms with Gasteiger partial charge >= 0.3 is 0 Å². The molecule has 7 heteroatoms. The molecule has 1 fully saturated rings. The number of hydrogen-bond donors (Lipinski definition) is 2. The third-order valence-corrected chi connectivity index (χ3v) is 8.10. The predicted octanol–water partition coefficient (Wildman–Crippen LogP) is 3.54. The molecule has 2 aromatic carbocycles. The summed E-state index contributed by atoms with van der Waals surface area (Å²) < 4.78 is 27.8. The highest BCUT2D eigenvalue weighted by Gasteiger charge is 2.18. The number of nitrogens with one attached hydrogen (secondary N) is 2. The van der Waals surface area contributed by atoms with Gasteiger partial charge in [0.15, 0.2) is 0 Å². The van der Waals surface area contributed by atoms with E-state index in [2.05, 4.69) is 39.2 Å². The average Bonchev–Trinajstić information content (AvgIpc) is 2.84. The maximum absolute atomic E-state index is 12.6. The van der Waals surface area contributed by atoms with Crippen molar-refractivity contribution in [3.8, 4) is 0 Å². The first kappa shape index (κ1) is 23.9. The van der Waals surface area contributed by atoms with E-state index < -0.39 is 10.0 Å². The normalized spacial score (nSPS) is 16.8. The van der Waals surface area contributed by atoms with Gasteiger partial charge in [0.1, 0.15) is 0 Å². The zero-order valence-electron chi connectivity index (χ0n) is 19.3. The number of piperidine rings is 1. The van der Waals surface area contributed by atoms with E-state index in [1.807, 2.05) is 6.07 Å². The summed E-state index contributed by atoms with van der Waals surface area (Å²) in [4.78, 5) is 15.0. The molecule has 0 spiro atoms. The molecule has 33 heavy (non-hydrogen) atoms. The predicted molar refractivity (Wildman–Crippen MR) is 130 cm³/mol. The van der Waals surface area contributed by atoms with Crippen LogP contribution in [0.25, 0.3) is 0 Å². The maximum atomic E-state index is 12.6. The first-order chi connectivity index (χ1) is 16.0. The number of carbonyl (C=O) groups excluding carboxylic acids is 1. The Morgan fingerprint density at radius 2 is 1.55 bits per heavy atom. The van der Waals surface area contributed by atoms with Crippen molar-refractivity contribution in [1.82, 2.24) is 14.9 Å². The second-order valence-electron chi connectivity index (χ2n) is 9.22. The number of amides is 1. The molecular weight excluding hydrogens is 434 g/mol. The molecule has 1 amide bonds. The maximum Gasteiger partial charge on any atom is 0.240 e. The van der Waals surface area contributed by atoms with Crippen molar-refractivity contribution in [2.75, 3.05) is 19.6 Å². The van der Waals surface area contributed by atoms with Crippen molar-refractivity contribution in [2.24, 2.45) is 0 Å². The molecule has 178 valence electrons. The number of fused-ring (bicyclic) bond motifs is 1. The molecule has 0 aromatic heterocycles. The summed E-state index contributed by atoms with van der Waals surface area (Å²) in [7, 11) is -3.61. The summed E-state index contributed by atoms with van der Waals surface area (Å²) in [6.07, 6.45) is 8.23. The molecule has 0 radical (unpaired) electrons. The van der Waals surface area contributed by atoms with Crippen LogP contribution >= 0.6 is 0 Å². The van der Waals surface area contributed by atoms with Gasteiger partial charge in [-0.1, -0.05) is 36.8 Å². The topological polar surface area (TPSA) is 78.5 Å². The molecular formula is C26H35N3O3S. The van der Waals surface area contributed by atoms with Crippen LogP contribution in [-0.4, -0.2) is 38.9 Å².